The second-order valence-electron chi connectivity index (χ2n) is 19.9. The Labute approximate surface area is 489 Å². The molecule has 0 aliphatic rings. The van der Waals surface area contributed by atoms with Crippen molar-refractivity contribution in [2.45, 2.75) is 25.7 Å². The first-order valence-corrected chi connectivity index (χ1v) is 26.3. The molecule has 0 aliphatic heterocycles. The van der Waals surface area contributed by atoms with Crippen LogP contribution in [0.4, 0.5) is 45.9 Å². The first kappa shape index (κ1) is 60.8. The number of anilines is 8. The van der Waals surface area contributed by atoms with Gasteiger partial charge in [-0.2, -0.15) is 0 Å². The molecule has 450 valence electrons. The minimum Gasteiger partial charge on any atom is -0.464 e. The largest absolute Gasteiger partial charge is 0.464 e. The number of amides is 9. The zero-order valence-corrected chi connectivity index (χ0v) is 48.2. The van der Waals surface area contributed by atoms with Crippen LogP contribution in [0.5, 0.6) is 0 Å². The van der Waals surface area contributed by atoms with E-state index < -0.39 is 47.3 Å². The van der Waals surface area contributed by atoms with Gasteiger partial charge in [-0.05, 0) is 49.7 Å². The van der Waals surface area contributed by atoms with Gasteiger partial charge in [0.2, 0.25) is 29.3 Å². The predicted octanol–water partition coefficient (Wildman–Crippen LogP) is 2.71. The molecule has 32 heteroatoms. The van der Waals surface area contributed by atoms with Gasteiger partial charge in [0.15, 0.2) is 17.5 Å². The molecule has 8 heterocycles. The topological polar surface area (TPSA) is 392 Å². The number of aromatic nitrogens is 11. The molecule has 86 heavy (non-hydrogen) atoms. The summed E-state index contributed by atoms with van der Waals surface area (Å²) in [4.78, 5) is 143. The van der Waals surface area contributed by atoms with Crippen LogP contribution < -0.4 is 53.6 Å². The van der Waals surface area contributed by atoms with E-state index in [1.54, 1.807) is 62.6 Å². The number of imidazole rings is 3. The normalized spacial score (nSPS) is 11.0. The second kappa shape index (κ2) is 25.9. The fourth-order valence-electron chi connectivity index (χ4n) is 8.93. The Morgan fingerprint density at radius 1 is 0.384 bits per heavy atom. The number of ether oxygens (including phenoxy) is 1. The Balaban J connectivity index is 0.761. The van der Waals surface area contributed by atoms with Crippen LogP contribution in [0.3, 0.4) is 0 Å². The highest BCUT2D eigenvalue weighted by atomic mass is 16.5. The van der Waals surface area contributed by atoms with Gasteiger partial charge in [-0.25, -0.2) is 19.7 Å². The van der Waals surface area contributed by atoms with Crippen LogP contribution in [0.2, 0.25) is 0 Å². The zero-order valence-electron chi connectivity index (χ0n) is 48.2. The van der Waals surface area contributed by atoms with Crippen molar-refractivity contribution in [3.8, 4) is 0 Å². The molecule has 0 saturated heterocycles. The molecule has 0 aliphatic carbocycles. The number of nitrogens with one attached hydrogen (secondary N) is 9. The van der Waals surface area contributed by atoms with Gasteiger partial charge in [-0.15, -0.1) is 0 Å². The fraction of sp³-hybridized carbons (Fsp3) is 0.278. The molecule has 0 bridgehead atoms. The lowest BCUT2D eigenvalue weighted by atomic mass is 10.3. The SMILES string of the molecule is COC(=O)c1cc(NC(=O)c2nc(NC(=O)c3cc(NC(=O)c4cc(NC(=O)CCCNC(=O)c5nc(NC(=O)c6cc(NC(=O)c7cc(NC(=O)c8nc(NC(=O)CCCN)cn8C)cn7C)cn6C)cn5C)cn4C)cn3C)cn2C)cn1C. The predicted molar refractivity (Wildman–Crippen MR) is 313 cm³/mol. The van der Waals surface area contributed by atoms with Crippen molar-refractivity contribution in [1.29, 1.82) is 0 Å². The Hall–Kier alpha value is -11.3. The van der Waals surface area contributed by atoms with Crippen LogP contribution in [0, 0.1) is 0 Å². The lowest BCUT2D eigenvalue weighted by Crippen LogP contribution is -2.27. The van der Waals surface area contributed by atoms with Gasteiger partial charge in [-0.1, -0.05) is 0 Å². The van der Waals surface area contributed by atoms with E-state index in [1.807, 2.05) is 0 Å². The number of rotatable bonds is 23. The molecule has 0 unspecified atom stereocenters. The molecular formula is C54H63N21O11. The van der Waals surface area contributed by atoms with Crippen LogP contribution >= 0.6 is 0 Å². The monoisotopic (exact) mass is 1180 g/mol. The van der Waals surface area contributed by atoms with Crippen molar-refractivity contribution in [3.05, 3.63) is 126 Å². The summed E-state index contributed by atoms with van der Waals surface area (Å²) in [5.74, 6) is -4.93. The minimum atomic E-state index is -0.597. The van der Waals surface area contributed by atoms with Crippen molar-refractivity contribution in [2.75, 3.05) is 62.7 Å². The van der Waals surface area contributed by atoms with E-state index in [0.29, 0.717) is 35.7 Å². The first-order chi connectivity index (χ1) is 40.9. The standard InChI is InChI=1S/C54H63N21O11/c1-68-21-29(16-34(68)47(78)58-30-17-37(71(4)22-30)50(81)67-41-28-75(8)46(65-41)53(84)61-33-20-38(54(85)86-9)72(5)25-33)57-42(76)13-11-15-56-51(82)44-64-40(27-73(44)6)66-49(80)36-18-31(23-70(36)3)59-48(79)35-19-32(24-69(35)2)60-52(83)45-63-39(26-74(45)7)62-43(77)12-10-14-55/h16-28H,10-15,55H2,1-9H3,(H,56,82)(H,57,76)(H,58,78)(H,59,79)(H,60,83)(H,61,84)(H,62,77)(H,66,80)(H,67,81). The molecule has 0 spiro atoms. The molecule has 8 rings (SSSR count). The highest BCUT2D eigenvalue weighted by Gasteiger charge is 2.24. The lowest BCUT2D eigenvalue weighted by Gasteiger charge is -2.05. The van der Waals surface area contributed by atoms with Crippen molar-refractivity contribution in [2.24, 2.45) is 62.1 Å². The third-order valence-corrected chi connectivity index (χ3v) is 13.1. The summed E-state index contributed by atoms with van der Waals surface area (Å²) in [6.45, 7) is 0.454. The van der Waals surface area contributed by atoms with Crippen molar-refractivity contribution >= 4 is 105 Å². The van der Waals surface area contributed by atoms with Crippen molar-refractivity contribution in [1.82, 2.24) is 56.8 Å². The van der Waals surface area contributed by atoms with Crippen LogP contribution in [0.15, 0.2) is 79.9 Å². The van der Waals surface area contributed by atoms with Gasteiger partial charge in [0.05, 0.1) is 35.5 Å². The number of nitrogens with two attached hydrogens (primary N) is 1. The summed E-state index contributed by atoms with van der Waals surface area (Å²) >= 11 is 0. The number of hydrogen-bond acceptors (Lipinski definition) is 15. The number of methoxy groups -OCH3 is 1. The number of esters is 1. The molecule has 0 atom stereocenters. The van der Waals surface area contributed by atoms with Crippen molar-refractivity contribution < 1.29 is 52.7 Å². The first-order valence-electron chi connectivity index (χ1n) is 26.3. The molecule has 8 aromatic heterocycles. The lowest BCUT2D eigenvalue weighted by molar-refractivity contribution is -0.117. The maximum atomic E-state index is 13.4. The summed E-state index contributed by atoms with van der Waals surface area (Å²) in [6, 6.07) is 7.30. The van der Waals surface area contributed by atoms with Crippen LogP contribution in [-0.4, -0.2) is 131 Å². The van der Waals surface area contributed by atoms with E-state index in [9.17, 15) is 47.9 Å². The molecule has 0 aromatic carbocycles. The summed E-state index contributed by atoms with van der Waals surface area (Å²) < 4.78 is 16.6. The smallest absolute Gasteiger partial charge is 0.354 e. The Kier molecular flexibility index (Phi) is 18.3. The van der Waals surface area contributed by atoms with Gasteiger partial charge >= 0.3 is 5.97 Å². The Morgan fingerprint density at radius 3 is 1.09 bits per heavy atom. The van der Waals surface area contributed by atoms with Gasteiger partial charge in [-0.3, -0.25) is 43.2 Å². The second-order valence-corrected chi connectivity index (χ2v) is 19.9. The van der Waals surface area contributed by atoms with E-state index in [1.165, 1.54) is 117 Å². The molecule has 11 N–H and O–H groups in total. The average Bonchev–Trinajstić information content (AvgIpc) is 2.66. The molecule has 32 nitrogen and oxygen atoms in total. The highest BCUT2D eigenvalue weighted by Crippen LogP contribution is 2.23. The maximum absolute atomic E-state index is 13.4. The molecule has 0 radical (unpaired) electrons. The highest BCUT2D eigenvalue weighted by molar-refractivity contribution is 6.10. The van der Waals surface area contributed by atoms with Gasteiger partial charge < -0.3 is 94.9 Å². The van der Waals surface area contributed by atoms with Crippen LogP contribution in [-0.2, 0) is 70.7 Å². The number of aryl methyl sites for hydroxylation is 8. The summed E-state index contributed by atoms with van der Waals surface area (Å²) in [5, 5.41) is 24.3. The Morgan fingerprint density at radius 2 is 0.698 bits per heavy atom. The molecular weight excluding hydrogens is 1120 g/mol. The van der Waals surface area contributed by atoms with Crippen LogP contribution in [0.25, 0.3) is 0 Å². The molecule has 0 saturated carbocycles. The summed E-state index contributed by atoms with van der Waals surface area (Å²) in [5.41, 5.74) is 7.91. The minimum absolute atomic E-state index is 0.00490. The number of nitrogens with zero attached hydrogens (tertiary/aromatic N) is 11. The maximum Gasteiger partial charge on any atom is 0.354 e. The zero-order chi connectivity index (χ0) is 62.3. The summed E-state index contributed by atoms with van der Waals surface area (Å²) in [6.07, 6.45) is 13.0. The van der Waals surface area contributed by atoms with Gasteiger partial charge in [0, 0.05) is 125 Å². The van der Waals surface area contributed by atoms with Crippen molar-refractivity contribution in [3.63, 3.8) is 0 Å². The molecule has 8 aromatic rings. The van der Waals surface area contributed by atoms with Gasteiger partial charge in [0.1, 0.15) is 28.5 Å². The van der Waals surface area contributed by atoms with E-state index in [4.69, 9.17) is 10.5 Å². The third kappa shape index (κ3) is 14.3. The number of carbonyl (C=O) groups is 10. The molecule has 9 amide bonds. The Bertz CT molecular complexity index is 3980. The molecule has 0 fully saturated rings. The summed E-state index contributed by atoms with van der Waals surface area (Å²) in [7, 11) is 14.1. The van der Waals surface area contributed by atoms with E-state index in [2.05, 4.69) is 62.8 Å². The van der Waals surface area contributed by atoms with Crippen LogP contribution in [0.1, 0.15) is 110 Å². The average molecular weight is 1180 g/mol. The van der Waals surface area contributed by atoms with E-state index in [0.717, 1.165) is 0 Å². The van der Waals surface area contributed by atoms with E-state index >= 15 is 0 Å². The number of carbonyl (C=O) groups excluding carboxylic acids is 10. The quantitative estimate of drug-likeness (QED) is 0.0325. The third-order valence-electron chi connectivity index (χ3n) is 13.1. The van der Waals surface area contributed by atoms with E-state index in [-0.39, 0.29) is 107 Å². The fourth-order valence-corrected chi connectivity index (χ4v) is 8.93. The number of hydrogen-bond donors (Lipinski definition) is 10. The van der Waals surface area contributed by atoms with Gasteiger partial charge in [0.25, 0.3) is 41.4 Å².